The van der Waals surface area contributed by atoms with Crippen LogP contribution in [-0.4, -0.2) is 41.1 Å². The highest BCUT2D eigenvalue weighted by molar-refractivity contribution is 5.87. The molecule has 0 amide bonds. The number of H-pyrrole nitrogens is 2. The standard InChI is InChI=1S/C20H26N4O2/c1-3-24(4-2)8-5-9-26-16-6-7-18-14(10-16)11-19(23-18)17-12-15(21)13-22-20(17)25/h6-7,10-13,23H,3-5,8-9,21H2,1-2H3,(H,22,25). The fourth-order valence-corrected chi connectivity index (χ4v) is 3.06. The Morgan fingerprint density at radius 2 is 1.96 bits per heavy atom. The van der Waals surface area contributed by atoms with E-state index < -0.39 is 0 Å². The van der Waals surface area contributed by atoms with Gasteiger partial charge in [0.25, 0.3) is 5.56 Å². The van der Waals surface area contributed by atoms with Crippen molar-refractivity contribution in [2.45, 2.75) is 20.3 Å². The number of hydrogen-bond acceptors (Lipinski definition) is 4. The van der Waals surface area contributed by atoms with Crippen LogP contribution in [0.1, 0.15) is 20.3 Å². The molecular weight excluding hydrogens is 328 g/mol. The SMILES string of the molecule is CCN(CC)CCCOc1ccc2[nH]c(-c3cc(N)c[nH]c3=O)cc2c1. The normalized spacial score (nSPS) is 11.3. The van der Waals surface area contributed by atoms with Gasteiger partial charge in [0.05, 0.1) is 17.9 Å². The van der Waals surface area contributed by atoms with Crippen molar-refractivity contribution in [3.63, 3.8) is 0 Å². The Labute approximate surface area is 153 Å². The Bertz CT molecular complexity index is 925. The molecule has 4 N–H and O–H groups in total. The van der Waals surface area contributed by atoms with Gasteiger partial charge in [-0.3, -0.25) is 4.79 Å². The lowest BCUT2D eigenvalue weighted by molar-refractivity contribution is 0.249. The number of anilines is 1. The van der Waals surface area contributed by atoms with E-state index in [1.807, 2.05) is 24.3 Å². The quantitative estimate of drug-likeness (QED) is 0.542. The van der Waals surface area contributed by atoms with Crippen LogP contribution < -0.4 is 16.0 Å². The van der Waals surface area contributed by atoms with Gasteiger partial charge in [-0.15, -0.1) is 0 Å². The third-order valence-corrected chi connectivity index (χ3v) is 4.59. The summed E-state index contributed by atoms with van der Waals surface area (Å²) in [6.45, 7) is 8.21. The molecule has 26 heavy (non-hydrogen) atoms. The molecule has 0 saturated carbocycles. The van der Waals surface area contributed by atoms with Crippen LogP contribution in [0.3, 0.4) is 0 Å². The number of benzene rings is 1. The first-order valence-electron chi connectivity index (χ1n) is 9.07. The van der Waals surface area contributed by atoms with Gasteiger partial charge >= 0.3 is 0 Å². The summed E-state index contributed by atoms with van der Waals surface area (Å²) in [6.07, 6.45) is 2.50. The van der Waals surface area contributed by atoms with Gasteiger partial charge in [0.2, 0.25) is 0 Å². The summed E-state index contributed by atoms with van der Waals surface area (Å²) in [5.74, 6) is 0.837. The molecule has 138 valence electrons. The van der Waals surface area contributed by atoms with Gasteiger partial charge in [-0.2, -0.15) is 0 Å². The number of aromatic nitrogens is 2. The molecule has 0 unspecified atom stereocenters. The van der Waals surface area contributed by atoms with Gasteiger partial charge in [0.15, 0.2) is 0 Å². The van der Waals surface area contributed by atoms with Crippen molar-refractivity contribution in [1.29, 1.82) is 0 Å². The molecule has 0 aliphatic rings. The van der Waals surface area contributed by atoms with Crippen LogP contribution in [0.4, 0.5) is 5.69 Å². The maximum absolute atomic E-state index is 12.0. The summed E-state index contributed by atoms with van der Waals surface area (Å²) in [4.78, 5) is 20.3. The number of aromatic amines is 2. The summed E-state index contributed by atoms with van der Waals surface area (Å²) >= 11 is 0. The molecule has 2 aromatic heterocycles. The Kier molecular flexibility index (Phi) is 5.63. The summed E-state index contributed by atoms with van der Waals surface area (Å²) in [6, 6.07) is 9.53. The molecular formula is C20H26N4O2. The van der Waals surface area contributed by atoms with Crippen LogP contribution in [0, 0.1) is 0 Å². The van der Waals surface area contributed by atoms with E-state index in [1.165, 1.54) is 6.20 Å². The fraction of sp³-hybridized carbons (Fsp3) is 0.350. The van der Waals surface area contributed by atoms with E-state index in [4.69, 9.17) is 10.5 Å². The Balaban J connectivity index is 1.71. The van der Waals surface area contributed by atoms with Gasteiger partial charge in [0.1, 0.15) is 5.75 Å². The first-order valence-corrected chi connectivity index (χ1v) is 9.07. The van der Waals surface area contributed by atoms with Crippen molar-refractivity contribution < 1.29 is 4.74 Å². The second-order valence-electron chi connectivity index (χ2n) is 6.34. The number of nitrogens with two attached hydrogens (primary N) is 1. The van der Waals surface area contributed by atoms with Crippen molar-refractivity contribution in [3.05, 3.63) is 46.9 Å². The zero-order chi connectivity index (χ0) is 18.5. The minimum absolute atomic E-state index is 0.168. The zero-order valence-corrected chi connectivity index (χ0v) is 15.3. The fourth-order valence-electron chi connectivity index (χ4n) is 3.06. The minimum Gasteiger partial charge on any atom is -0.494 e. The lowest BCUT2D eigenvalue weighted by Gasteiger charge is -2.17. The molecule has 0 aliphatic heterocycles. The van der Waals surface area contributed by atoms with Crippen molar-refractivity contribution in [2.24, 2.45) is 0 Å². The first kappa shape index (κ1) is 18.1. The molecule has 0 bridgehead atoms. The maximum Gasteiger partial charge on any atom is 0.257 e. The molecule has 0 radical (unpaired) electrons. The van der Waals surface area contributed by atoms with E-state index in [2.05, 4.69) is 28.7 Å². The summed E-state index contributed by atoms with van der Waals surface area (Å²) < 4.78 is 5.88. The number of hydrogen-bond donors (Lipinski definition) is 3. The molecule has 3 aromatic rings. The second-order valence-corrected chi connectivity index (χ2v) is 6.34. The monoisotopic (exact) mass is 354 g/mol. The van der Waals surface area contributed by atoms with E-state index in [1.54, 1.807) is 6.07 Å². The topological polar surface area (TPSA) is 87.1 Å². The van der Waals surface area contributed by atoms with Crippen molar-refractivity contribution in [1.82, 2.24) is 14.9 Å². The zero-order valence-electron chi connectivity index (χ0n) is 15.3. The smallest absolute Gasteiger partial charge is 0.257 e. The molecule has 2 heterocycles. The molecule has 0 atom stereocenters. The number of ether oxygens (including phenoxy) is 1. The molecule has 1 aromatic carbocycles. The Hall–Kier alpha value is -2.73. The molecule has 0 spiro atoms. The van der Waals surface area contributed by atoms with Crippen LogP contribution in [0.2, 0.25) is 0 Å². The second kappa shape index (κ2) is 8.10. The molecule has 0 aliphatic carbocycles. The van der Waals surface area contributed by atoms with E-state index in [-0.39, 0.29) is 5.56 Å². The van der Waals surface area contributed by atoms with E-state index in [0.29, 0.717) is 17.9 Å². The largest absolute Gasteiger partial charge is 0.494 e. The van der Waals surface area contributed by atoms with Crippen LogP contribution in [-0.2, 0) is 0 Å². The molecule has 6 heteroatoms. The molecule has 0 saturated heterocycles. The van der Waals surface area contributed by atoms with Crippen LogP contribution in [0.5, 0.6) is 5.75 Å². The highest BCUT2D eigenvalue weighted by Crippen LogP contribution is 2.26. The van der Waals surface area contributed by atoms with Crippen LogP contribution >= 0.6 is 0 Å². The lowest BCUT2D eigenvalue weighted by Crippen LogP contribution is -2.25. The van der Waals surface area contributed by atoms with Gasteiger partial charge in [0, 0.05) is 29.3 Å². The average molecular weight is 354 g/mol. The van der Waals surface area contributed by atoms with Crippen LogP contribution in [0.15, 0.2) is 41.3 Å². The van der Waals surface area contributed by atoms with E-state index in [0.717, 1.165) is 48.4 Å². The van der Waals surface area contributed by atoms with Gasteiger partial charge in [-0.05, 0) is 49.8 Å². The number of pyridine rings is 1. The number of rotatable bonds is 8. The number of nitrogens with one attached hydrogen (secondary N) is 2. The number of fused-ring (bicyclic) bond motifs is 1. The lowest BCUT2D eigenvalue weighted by atomic mass is 10.2. The molecule has 0 fully saturated rings. The average Bonchev–Trinajstić information content (AvgIpc) is 3.07. The highest BCUT2D eigenvalue weighted by Gasteiger charge is 2.09. The molecule has 6 nitrogen and oxygen atoms in total. The van der Waals surface area contributed by atoms with Gasteiger partial charge < -0.3 is 25.3 Å². The van der Waals surface area contributed by atoms with Gasteiger partial charge in [-0.1, -0.05) is 13.8 Å². The first-order chi connectivity index (χ1) is 12.6. The number of nitrogen functional groups attached to an aromatic ring is 1. The highest BCUT2D eigenvalue weighted by atomic mass is 16.5. The van der Waals surface area contributed by atoms with Crippen molar-refractivity contribution in [3.8, 4) is 17.0 Å². The Morgan fingerprint density at radius 3 is 2.73 bits per heavy atom. The third kappa shape index (κ3) is 4.08. The Morgan fingerprint density at radius 1 is 1.15 bits per heavy atom. The summed E-state index contributed by atoms with van der Waals surface area (Å²) in [5, 5.41) is 1.00. The predicted octanol–water partition coefficient (Wildman–Crippen LogP) is 3.22. The molecule has 3 rings (SSSR count). The third-order valence-electron chi connectivity index (χ3n) is 4.59. The minimum atomic E-state index is -0.168. The predicted molar refractivity (Wildman–Crippen MR) is 107 cm³/mol. The number of nitrogens with zero attached hydrogens (tertiary/aromatic N) is 1. The van der Waals surface area contributed by atoms with E-state index >= 15 is 0 Å². The van der Waals surface area contributed by atoms with Crippen molar-refractivity contribution >= 4 is 16.6 Å². The summed E-state index contributed by atoms with van der Waals surface area (Å²) in [7, 11) is 0. The van der Waals surface area contributed by atoms with Crippen molar-refractivity contribution in [2.75, 3.05) is 32.0 Å². The maximum atomic E-state index is 12.0. The van der Waals surface area contributed by atoms with Gasteiger partial charge in [-0.25, -0.2) is 0 Å². The van der Waals surface area contributed by atoms with E-state index in [9.17, 15) is 4.79 Å². The summed E-state index contributed by atoms with van der Waals surface area (Å²) in [5.41, 5.74) is 8.37. The van der Waals surface area contributed by atoms with Crippen LogP contribution in [0.25, 0.3) is 22.2 Å².